The molecule has 1 unspecified atom stereocenters. The first kappa shape index (κ1) is 10.4. The lowest BCUT2D eigenvalue weighted by Gasteiger charge is -2.09. The van der Waals surface area contributed by atoms with E-state index in [1.807, 2.05) is 0 Å². The fourth-order valence-electron chi connectivity index (χ4n) is 0.637. The van der Waals surface area contributed by atoms with Gasteiger partial charge in [-0.2, -0.15) is 0 Å². The molecule has 0 bridgehead atoms. The second-order valence-corrected chi connectivity index (χ2v) is 2.10. The minimum atomic E-state index is -0.913. The molecule has 0 fully saturated rings. The van der Waals surface area contributed by atoms with E-state index in [1.54, 1.807) is 14.0 Å². The van der Waals surface area contributed by atoms with Crippen LogP contribution < -0.4 is 0 Å². The van der Waals surface area contributed by atoms with Crippen LogP contribution in [0.5, 0.6) is 0 Å². The van der Waals surface area contributed by atoms with E-state index in [1.165, 1.54) is 0 Å². The van der Waals surface area contributed by atoms with Gasteiger partial charge in [0.2, 0.25) is 0 Å². The minimum absolute atomic E-state index is 0.335. The van der Waals surface area contributed by atoms with Crippen LogP contribution in [0.2, 0.25) is 0 Å². The van der Waals surface area contributed by atoms with Crippen molar-refractivity contribution in [1.29, 1.82) is 0 Å². The van der Waals surface area contributed by atoms with Gasteiger partial charge >= 0.3 is 5.97 Å². The van der Waals surface area contributed by atoms with E-state index in [0.29, 0.717) is 19.6 Å². The normalized spacial score (nSPS) is 12.9. The maximum Gasteiger partial charge on any atom is 0.332 e. The van der Waals surface area contributed by atoms with Crippen molar-refractivity contribution in [3.05, 3.63) is 0 Å². The number of rotatable bonds is 6. The van der Waals surface area contributed by atoms with Crippen LogP contribution in [0, 0.1) is 0 Å². The van der Waals surface area contributed by atoms with Gasteiger partial charge in [-0.3, -0.25) is 0 Å². The fourth-order valence-corrected chi connectivity index (χ4v) is 0.637. The standard InChI is InChI=1S/C7H14O4/c1-3-6(7(8)9)11-5-4-10-2/h6H,3-5H2,1-2H3,(H,8,9). The molecule has 0 amide bonds. The Bertz CT molecular complexity index is 113. The Labute approximate surface area is 66.1 Å². The molecular weight excluding hydrogens is 148 g/mol. The first-order chi connectivity index (χ1) is 5.22. The number of hydrogen-bond acceptors (Lipinski definition) is 3. The van der Waals surface area contributed by atoms with Gasteiger partial charge in [0.15, 0.2) is 6.10 Å². The molecule has 0 aliphatic heterocycles. The number of carbonyl (C=O) groups is 1. The van der Waals surface area contributed by atoms with E-state index < -0.39 is 12.1 Å². The van der Waals surface area contributed by atoms with E-state index in [0.717, 1.165) is 0 Å². The molecule has 4 nitrogen and oxygen atoms in total. The molecule has 0 aromatic rings. The summed E-state index contributed by atoms with van der Waals surface area (Å²) in [7, 11) is 1.55. The summed E-state index contributed by atoms with van der Waals surface area (Å²) < 4.78 is 9.67. The quantitative estimate of drug-likeness (QED) is 0.578. The molecule has 0 aromatic carbocycles. The van der Waals surface area contributed by atoms with E-state index in [9.17, 15) is 4.79 Å². The highest BCUT2D eigenvalue weighted by molar-refractivity contribution is 5.72. The van der Waals surface area contributed by atoms with E-state index in [2.05, 4.69) is 0 Å². The SMILES string of the molecule is CCC(OCCOC)C(=O)O. The van der Waals surface area contributed by atoms with Crippen molar-refractivity contribution in [2.75, 3.05) is 20.3 Å². The number of methoxy groups -OCH3 is 1. The van der Waals surface area contributed by atoms with Crippen molar-refractivity contribution in [2.24, 2.45) is 0 Å². The Kier molecular flexibility index (Phi) is 5.78. The van der Waals surface area contributed by atoms with E-state index in [-0.39, 0.29) is 0 Å². The lowest BCUT2D eigenvalue weighted by molar-refractivity contribution is -0.151. The van der Waals surface area contributed by atoms with Gasteiger partial charge in [0.1, 0.15) is 0 Å². The van der Waals surface area contributed by atoms with Crippen molar-refractivity contribution in [3.8, 4) is 0 Å². The molecule has 0 spiro atoms. The third-order valence-corrected chi connectivity index (χ3v) is 1.25. The molecule has 4 heteroatoms. The predicted octanol–water partition coefficient (Wildman–Crippen LogP) is 0.513. The van der Waals surface area contributed by atoms with Gasteiger partial charge in [0, 0.05) is 7.11 Å². The van der Waals surface area contributed by atoms with Crippen molar-refractivity contribution in [3.63, 3.8) is 0 Å². The van der Waals surface area contributed by atoms with Gasteiger partial charge in [-0.25, -0.2) is 4.79 Å². The molecule has 0 aromatic heterocycles. The van der Waals surface area contributed by atoms with Crippen molar-refractivity contribution in [2.45, 2.75) is 19.4 Å². The molecule has 11 heavy (non-hydrogen) atoms. The third kappa shape index (κ3) is 4.75. The molecule has 1 N–H and O–H groups in total. The monoisotopic (exact) mass is 162 g/mol. The Morgan fingerprint density at radius 1 is 1.55 bits per heavy atom. The summed E-state index contributed by atoms with van der Waals surface area (Å²) in [5.41, 5.74) is 0. The number of aliphatic carboxylic acids is 1. The van der Waals surface area contributed by atoms with Crippen LogP contribution in [0.1, 0.15) is 13.3 Å². The molecule has 0 rings (SSSR count). The van der Waals surface area contributed by atoms with Crippen molar-refractivity contribution < 1.29 is 19.4 Å². The Hall–Kier alpha value is -0.610. The van der Waals surface area contributed by atoms with Gasteiger partial charge in [-0.15, -0.1) is 0 Å². The molecule has 0 radical (unpaired) electrons. The maximum atomic E-state index is 10.4. The topological polar surface area (TPSA) is 55.8 Å². The largest absolute Gasteiger partial charge is 0.479 e. The molecule has 0 saturated carbocycles. The molecule has 1 atom stereocenters. The van der Waals surface area contributed by atoms with Crippen LogP contribution in [-0.4, -0.2) is 37.5 Å². The van der Waals surface area contributed by atoms with Gasteiger partial charge in [-0.1, -0.05) is 6.92 Å². The molecule has 0 aliphatic carbocycles. The Morgan fingerprint density at radius 2 is 2.18 bits per heavy atom. The third-order valence-electron chi connectivity index (χ3n) is 1.25. The van der Waals surface area contributed by atoms with Gasteiger partial charge in [-0.05, 0) is 6.42 Å². The van der Waals surface area contributed by atoms with Crippen LogP contribution in [0.4, 0.5) is 0 Å². The summed E-state index contributed by atoms with van der Waals surface area (Å²) in [5, 5.41) is 8.51. The highest BCUT2D eigenvalue weighted by Gasteiger charge is 2.14. The zero-order valence-electron chi connectivity index (χ0n) is 6.87. The Morgan fingerprint density at radius 3 is 2.55 bits per heavy atom. The van der Waals surface area contributed by atoms with Gasteiger partial charge in [0.25, 0.3) is 0 Å². The second kappa shape index (κ2) is 6.12. The molecule has 0 heterocycles. The molecule has 66 valence electrons. The summed E-state index contributed by atoms with van der Waals surface area (Å²) in [6.45, 7) is 2.54. The zero-order chi connectivity index (χ0) is 8.69. The van der Waals surface area contributed by atoms with Crippen molar-refractivity contribution in [1.82, 2.24) is 0 Å². The predicted molar refractivity (Wildman–Crippen MR) is 39.5 cm³/mol. The fraction of sp³-hybridized carbons (Fsp3) is 0.857. The van der Waals surface area contributed by atoms with Crippen LogP contribution in [0.3, 0.4) is 0 Å². The van der Waals surface area contributed by atoms with Gasteiger partial charge in [0.05, 0.1) is 13.2 Å². The Balaban J connectivity index is 3.44. The number of hydrogen-bond donors (Lipinski definition) is 1. The van der Waals surface area contributed by atoms with Crippen LogP contribution in [0.15, 0.2) is 0 Å². The summed E-state index contributed by atoms with van der Waals surface area (Å²) in [5.74, 6) is -0.913. The molecule has 0 saturated heterocycles. The first-order valence-corrected chi connectivity index (χ1v) is 3.55. The van der Waals surface area contributed by atoms with Crippen LogP contribution in [0.25, 0.3) is 0 Å². The minimum Gasteiger partial charge on any atom is -0.479 e. The number of ether oxygens (including phenoxy) is 2. The molecule has 0 aliphatic rings. The summed E-state index contributed by atoms with van der Waals surface area (Å²) >= 11 is 0. The van der Waals surface area contributed by atoms with Crippen LogP contribution >= 0.6 is 0 Å². The molecular formula is C7H14O4. The van der Waals surface area contributed by atoms with E-state index >= 15 is 0 Å². The smallest absolute Gasteiger partial charge is 0.332 e. The number of carboxylic acid groups (broad SMARTS) is 1. The average Bonchev–Trinajstić information content (AvgIpc) is 1.97. The van der Waals surface area contributed by atoms with Gasteiger partial charge < -0.3 is 14.6 Å². The lowest BCUT2D eigenvalue weighted by atomic mass is 10.3. The first-order valence-electron chi connectivity index (χ1n) is 3.55. The lowest BCUT2D eigenvalue weighted by Crippen LogP contribution is -2.24. The van der Waals surface area contributed by atoms with E-state index in [4.69, 9.17) is 14.6 Å². The maximum absolute atomic E-state index is 10.4. The van der Waals surface area contributed by atoms with Crippen LogP contribution in [-0.2, 0) is 14.3 Å². The highest BCUT2D eigenvalue weighted by Crippen LogP contribution is 1.97. The van der Waals surface area contributed by atoms with Crippen molar-refractivity contribution >= 4 is 5.97 Å². The zero-order valence-corrected chi connectivity index (χ0v) is 6.87. The summed E-state index contributed by atoms with van der Waals surface area (Å²) in [6, 6.07) is 0. The number of carboxylic acids is 1. The second-order valence-electron chi connectivity index (χ2n) is 2.10. The summed E-state index contributed by atoms with van der Waals surface area (Å²) in [4.78, 5) is 10.4. The summed E-state index contributed by atoms with van der Waals surface area (Å²) in [6.07, 6.45) is -0.205. The highest BCUT2D eigenvalue weighted by atomic mass is 16.5. The average molecular weight is 162 g/mol.